The summed E-state index contributed by atoms with van der Waals surface area (Å²) in [5.41, 5.74) is 0. The maximum absolute atomic E-state index is 3.98. The lowest BCUT2D eigenvalue weighted by Crippen LogP contribution is -2.46. The quantitative estimate of drug-likeness (QED) is 0.335. The van der Waals surface area contributed by atoms with Crippen LogP contribution >= 0.6 is 0 Å². The van der Waals surface area contributed by atoms with Crippen LogP contribution in [-0.4, -0.2) is 8.07 Å². The maximum atomic E-state index is 3.98. The van der Waals surface area contributed by atoms with Crippen molar-refractivity contribution in [2.45, 2.75) is 44.3 Å². The first-order valence-corrected chi connectivity index (χ1v) is 9.68. The maximum Gasteiger partial charge on any atom is 0.0940 e. The van der Waals surface area contributed by atoms with E-state index < -0.39 is 8.07 Å². The van der Waals surface area contributed by atoms with Gasteiger partial charge in [0.15, 0.2) is 0 Å². The van der Waals surface area contributed by atoms with Crippen LogP contribution < -0.4 is 5.19 Å². The predicted molar refractivity (Wildman–Crippen MR) is 86.2 cm³/mol. The van der Waals surface area contributed by atoms with Crippen LogP contribution in [-0.2, 0) is 0 Å². The van der Waals surface area contributed by atoms with Gasteiger partial charge in [-0.15, -0.1) is 13.2 Å². The van der Waals surface area contributed by atoms with Gasteiger partial charge in [-0.1, -0.05) is 79.9 Å². The first kappa shape index (κ1) is 15.0. The highest BCUT2D eigenvalue weighted by Crippen LogP contribution is 2.25. The molecule has 0 aliphatic heterocycles. The molecule has 18 heavy (non-hydrogen) atoms. The van der Waals surface area contributed by atoms with Crippen molar-refractivity contribution in [1.82, 2.24) is 0 Å². The Kier molecular flexibility index (Phi) is 6.74. The Morgan fingerprint density at radius 2 is 1.61 bits per heavy atom. The highest BCUT2D eigenvalue weighted by molar-refractivity contribution is 6.92. The minimum Gasteiger partial charge on any atom is -0.103 e. The van der Waals surface area contributed by atoms with E-state index in [1.165, 1.54) is 37.4 Å². The van der Waals surface area contributed by atoms with Crippen molar-refractivity contribution in [1.29, 1.82) is 0 Å². The SMILES string of the molecule is C=CC[Si](CC=C)(CCCCC)c1ccccc1. The van der Waals surface area contributed by atoms with E-state index in [2.05, 4.69) is 62.6 Å². The Morgan fingerprint density at radius 1 is 1.00 bits per heavy atom. The summed E-state index contributed by atoms with van der Waals surface area (Å²) in [4.78, 5) is 0. The van der Waals surface area contributed by atoms with E-state index in [4.69, 9.17) is 0 Å². The third-order valence-electron chi connectivity index (χ3n) is 3.72. The van der Waals surface area contributed by atoms with Gasteiger partial charge in [0.1, 0.15) is 0 Å². The summed E-state index contributed by atoms with van der Waals surface area (Å²) in [5.74, 6) is 0. The first-order valence-electron chi connectivity index (χ1n) is 7.06. The molecule has 0 aromatic heterocycles. The molecule has 0 N–H and O–H groups in total. The zero-order valence-electron chi connectivity index (χ0n) is 11.7. The van der Waals surface area contributed by atoms with Gasteiger partial charge in [-0.25, -0.2) is 0 Å². The summed E-state index contributed by atoms with van der Waals surface area (Å²) in [7, 11) is -1.44. The summed E-state index contributed by atoms with van der Waals surface area (Å²) >= 11 is 0. The van der Waals surface area contributed by atoms with Crippen molar-refractivity contribution in [2.75, 3.05) is 0 Å². The van der Waals surface area contributed by atoms with Gasteiger partial charge >= 0.3 is 0 Å². The molecule has 0 unspecified atom stereocenters. The summed E-state index contributed by atoms with van der Waals surface area (Å²) in [6.07, 6.45) is 8.22. The van der Waals surface area contributed by atoms with E-state index in [1.807, 2.05) is 0 Å². The topological polar surface area (TPSA) is 0 Å². The van der Waals surface area contributed by atoms with Crippen LogP contribution in [0.15, 0.2) is 55.6 Å². The molecule has 0 heterocycles. The molecule has 1 rings (SSSR count). The zero-order valence-corrected chi connectivity index (χ0v) is 12.7. The summed E-state index contributed by atoms with van der Waals surface area (Å²) in [5, 5.41) is 1.57. The van der Waals surface area contributed by atoms with E-state index in [0.29, 0.717) is 0 Å². The van der Waals surface area contributed by atoms with Crippen LogP contribution in [0.2, 0.25) is 18.1 Å². The highest BCUT2D eigenvalue weighted by Gasteiger charge is 2.31. The van der Waals surface area contributed by atoms with E-state index >= 15 is 0 Å². The molecule has 0 amide bonds. The van der Waals surface area contributed by atoms with Crippen LogP contribution in [0, 0.1) is 0 Å². The molecule has 0 saturated heterocycles. The second-order valence-corrected chi connectivity index (χ2v) is 9.54. The van der Waals surface area contributed by atoms with Gasteiger partial charge in [0.2, 0.25) is 0 Å². The molecule has 1 heteroatoms. The Labute approximate surface area is 113 Å². The van der Waals surface area contributed by atoms with Crippen molar-refractivity contribution in [3.05, 3.63) is 55.6 Å². The second kappa shape index (κ2) is 8.10. The molecule has 1 aromatic carbocycles. The first-order chi connectivity index (χ1) is 8.79. The lowest BCUT2D eigenvalue weighted by Gasteiger charge is -2.30. The fourth-order valence-corrected chi connectivity index (χ4v) is 6.99. The summed E-state index contributed by atoms with van der Waals surface area (Å²) < 4.78 is 0. The fraction of sp³-hybridized carbons (Fsp3) is 0.412. The molecule has 0 spiro atoms. The fourth-order valence-electron chi connectivity index (χ4n) is 2.73. The van der Waals surface area contributed by atoms with Crippen LogP contribution in [0.1, 0.15) is 26.2 Å². The molecule has 0 fully saturated rings. The van der Waals surface area contributed by atoms with Gasteiger partial charge in [0, 0.05) is 0 Å². The Bertz CT molecular complexity index is 343. The number of hydrogen-bond donors (Lipinski definition) is 0. The standard InChI is InChI=1S/C17H26Si/c1-4-7-11-16-18(14-5-2,15-6-3)17-12-9-8-10-13-17/h5-6,8-10,12-13H,2-4,7,11,14-16H2,1H3. The lowest BCUT2D eigenvalue weighted by molar-refractivity contribution is 0.762. The summed E-state index contributed by atoms with van der Waals surface area (Å²) in [6, 6.07) is 14.8. The third-order valence-corrected chi connectivity index (χ3v) is 8.72. The van der Waals surface area contributed by atoms with Crippen LogP contribution in [0.3, 0.4) is 0 Å². The second-order valence-electron chi connectivity index (χ2n) is 5.09. The van der Waals surface area contributed by atoms with Crippen molar-refractivity contribution >= 4 is 13.3 Å². The molecule has 0 aliphatic carbocycles. The van der Waals surface area contributed by atoms with E-state index in [9.17, 15) is 0 Å². The number of rotatable bonds is 9. The van der Waals surface area contributed by atoms with Gasteiger partial charge in [-0.05, 0) is 12.1 Å². The number of unbranched alkanes of at least 4 members (excludes halogenated alkanes) is 2. The monoisotopic (exact) mass is 258 g/mol. The molecular weight excluding hydrogens is 232 g/mol. The normalized spacial score (nSPS) is 11.2. The Hall–Kier alpha value is -1.08. The van der Waals surface area contributed by atoms with Crippen LogP contribution in [0.5, 0.6) is 0 Å². The van der Waals surface area contributed by atoms with Gasteiger partial charge in [-0.3, -0.25) is 0 Å². The molecule has 0 nitrogen and oxygen atoms in total. The molecule has 0 aliphatic rings. The predicted octanol–water partition coefficient (Wildman–Crippen LogP) is 4.90. The molecular formula is C17H26Si. The van der Waals surface area contributed by atoms with Gasteiger partial charge in [0.05, 0.1) is 8.07 Å². The van der Waals surface area contributed by atoms with Gasteiger partial charge in [0.25, 0.3) is 0 Å². The van der Waals surface area contributed by atoms with Crippen molar-refractivity contribution in [3.8, 4) is 0 Å². The smallest absolute Gasteiger partial charge is 0.0940 e. The van der Waals surface area contributed by atoms with Gasteiger partial charge < -0.3 is 0 Å². The van der Waals surface area contributed by atoms with Crippen LogP contribution in [0.25, 0.3) is 0 Å². The van der Waals surface area contributed by atoms with E-state index in [-0.39, 0.29) is 0 Å². The van der Waals surface area contributed by atoms with Crippen molar-refractivity contribution in [3.63, 3.8) is 0 Å². The molecule has 0 saturated carbocycles. The largest absolute Gasteiger partial charge is 0.103 e. The van der Waals surface area contributed by atoms with E-state index in [0.717, 1.165) is 0 Å². The number of hydrogen-bond acceptors (Lipinski definition) is 0. The molecule has 98 valence electrons. The van der Waals surface area contributed by atoms with Crippen LogP contribution in [0.4, 0.5) is 0 Å². The third kappa shape index (κ3) is 3.99. The minimum absolute atomic E-state index is 1.17. The molecule has 0 atom stereocenters. The molecule has 1 aromatic rings. The Morgan fingerprint density at radius 3 is 2.11 bits per heavy atom. The average Bonchev–Trinajstić information content (AvgIpc) is 2.40. The minimum atomic E-state index is -1.44. The van der Waals surface area contributed by atoms with E-state index in [1.54, 1.807) is 5.19 Å². The highest BCUT2D eigenvalue weighted by atomic mass is 28.3. The lowest BCUT2D eigenvalue weighted by atomic mass is 10.3. The van der Waals surface area contributed by atoms with Gasteiger partial charge in [-0.2, -0.15) is 0 Å². The van der Waals surface area contributed by atoms with Crippen molar-refractivity contribution in [2.24, 2.45) is 0 Å². The average molecular weight is 258 g/mol. The summed E-state index contributed by atoms with van der Waals surface area (Å²) in [6.45, 7) is 10.2. The molecule has 0 bridgehead atoms. The molecule has 0 radical (unpaired) electrons. The Balaban J connectivity index is 2.96. The number of allylic oxidation sites excluding steroid dienone is 2. The number of benzene rings is 1. The van der Waals surface area contributed by atoms with Crippen molar-refractivity contribution < 1.29 is 0 Å². The zero-order chi connectivity index (χ0) is 13.3.